The first kappa shape index (κ1) is 15.1. The number of nitrogens with zero attached hydrogens (tertiary/aromatic N) is 3. The van der Waals surface area contributed by atoms with Gasteiger partial charge >= 0.3 is 5.97 Å². The number of fused-ring (bicyclic) bond motifs is 1. The van der Waals surface area contributed by atoms with Gasteiger partial charge in [0.15, 0.2) is 0 Å². The minimum atomic E-state index is -0.586. The number of rotatable bonds is 4. The highest BCUT2D eigenvalue weighted by Crippen LogP contribution is 2.38. The maximum Gasteiger partial charge on any atom is 0.317 e. The predicted octanol–water partition coefficient (Wildman–Crippen LogP) is 1.99. The van der Waals surface area contributed by atoms with Crippen molar-refractivity contribution in [3.63, 3.8) is 0 Å². The second-order valence-corrected chi connectivity index (χ2v) is 5.13. The minimum absolute atomic E-state index is 0.308. The number of hydrogen-bond donors (Lipinski definition) is 1. The second-order valence-electron chi connectivity index (χ2n) is 5.13. The molecule has 0 bridgehead atoms. The fourth-order valence-electron chi connectivity index (χ4n) is 2.73. The minimum Gasteiger partial charge on any atom is -0.497 e. The Morgan fingerprint density at radius 2 is 2.13 bits per heavy atom. The molecule has 0 radical (unpaired) electrons. The third kappa shape index (κ3) is 2.65. The Labute approximate surface area is 133 Å². The Hall–Kier alpha value is -2.83. The molecule has 1 aliphatic rings. The van der Waals surface area contributed by atoms with Crippen molar-refractivity contribution in [2.24, 2.45) is 5.92 Å². The summed E-state index contributed by atoms with van der Waals surface area (Å²) in [7, 11) is 1.61. The predicted molar refractivity (Wildman–Crippen MR) is 84.0 cm³/mol. The average Bonchev–Trinajstić information content (AvgIpc) is 3.01. The number of methoxy groups -OCH3 is 1. The van der Waals surface area contributed by atoms with E-state index in [2.05, 4.69) is 22.0 Å². The molecule has 23 heavy (non-hydrogen) atoms. The SMILES string of the molecule is C=C1Nc2ncnn2C(c2ccc(OC)cc2)C1C(=O)OCC. The van der Waals surface area contributed by atoms with Gasteiger partial charge in [0.25, 0.3) is 0 Å². The number of ether oxygens (including phenoxy) is 2. The lowest BCUT2D eigenvalue weighted by Gasteiger charge is -2.33. The van der Waals surface area contributed by atoms with Gasteiger partial charge in [-0.1, -0.05) is 18.7 Å². The van der Waals surface area contributed by atoms with Crippen molar-refractivity contribution in [2.75, 3.05) is 19.0 Å². The topological polar surface area (TPSA) is 78.3 Å². The van der Waals surface area contributed by atoms with E-state index in [9.17, 15) is 4.79 Å². The second kappa shape index (κ2) is 6.12. The van der Waals surface area contributed by atoms with Crippen LogP contribution in [0, 0.1) is 5.92 Å². The summed E-state index contributed by atoms with van der Waals surface area (Å²) in [5.74, 6) is 0.369. The molecule has 0 amide bonds. The summed E-state index contributed by atoms with van der Waals surface area (Å²) in [5.41, 5.74) is 1.45. The maximum atomic E-state index is 12.4. The Kier molecular flexibility index (Phi) is 4.01. The molecule has 2 heterocycles. The van der Waals surface area contributed by atoms with Crippen LogP contribution >= 0.6 is 0 Å². The molecule has 0 saturated carbocycles. The van der Waals surface area contributed by atoms with Gasteiger partial charge in [-0.2, -0.15) is 10.1 Å². The van der Waals surface area contributed by atoms with Crippen LogP contribution in [-0.2, 0) is 9.53 Å². The van der Waals surface area contributed by atoms with Crippen LogP contribution in [0.25, 0.3) is 0 Å². The third-order valence-corrected chi connectivity index (χ3v) is 3.80. The molecule has 0 aliphatic carbocycles. The summed E-state index contributed by atoms with van der Waals surface area (Å²) in [5, 5.41) is 7.27. The van der Waals surface area contributed by atoms with Crippen LogP contribution in [0.5, 0.6) is 5.75 Å². The van der Waals surface area contributed by atoms with Crippen molar-refractivity contribution < 1.29 is 14.3 Å². The molecule has 2 aromatic rings. The normalized spacial score (nSPS) is 19.7. The van der Waals surface area contributed by atoms with Crippen molar-refractivity contribution in [3.8, 4) is 5.75 Å². The molecular formula is C16H18N4O3. The van der Waals surface area contributed by atoms with Crippen molar-refractivity contribution in [2.45, 2.75) is 13.0 Å². The van der Waals surface area contributed by atoms with Gasteiger partial charge in [0, 0.05) is 5.70 Å². The molecule has 0 saturated heterocycles. The quantitative estimate of drug-likeness (QED) is 0.870. The van der Waals surface area contributed by atoms with E-state index in [1.54, 1.807) is 18.7 Å². The van der Waals surface area contributed by atoms with Crippen molar-refractivity contribution in [1.82, 2.24) is 14.8 Å². The number of hydrogen-bond acceptors (Lipinski definition) is 6. The number of benzene rings is 1. The van der Waals surface area contributed by atoms with Crippen molar-refractivity contribution >= 4 is 11.9 Å². The summed E-state index contributed by atoms with van der Waals surface area (Å²) in [6.07, 6.45) is 1.44. The van der Waals surface area contributed by atoms with E-state index in [1.165, 1.54) is 6.33 Å². The molecule has 1 aliphatic heterocycles. The number of carbonyl (C=O) groups excluding carboxylic acids is 1. The van der Waals surface area contributed by atoms with Crippen molar-refractivity contribution in [3.05, 3.63) is 48.4 Å². The highest BCUT2D eigenvalue weighted by atomic mass is 16.5. The van der Waals surface area contributed by atoms with Crippen molar-refractivity contribution in [1.29, 1.82) is 0 Å². The molecule has 0 fully saturated rings. The lowest BCUT2D eigenvalue weighted by atomic mass is 9.89. The molecule has 120 valence electrons. The first-order valence-corrected chi connectivity index (χ1v) is 7.31. The van der Waals surface area contributed by atoms with Crippen LogP contribution < -0.4 is 10.1 Å². The lowest BCUT2D eigenvalue weighted by molar-refractivity contribution is -0.147. The van der Waals surface area contributed by atoms with Gasteiger partial charge in [0.2, 0.25) is 5.95 Å². The smallest absolute Gasteiger partial charge is 0.317 e. The Morgan fingerprint density at radius 1 is 1.39 bits per heavy atom. The van der Waals surface area contributed by atoms with Crippen LogP contribution in [0.2, 0.25) is 0 Å². The van der Waals surface area contributed by atoms with E-state index in [0.717, 1.165) is 11.3 Å². The van der Waals surface area contributed by atoms with E-state index in [1.807, 2.05) is 24.3 Å². The van der Waals surface area contributed by atoms with E-state index < -0.39 is 5.92 Å². The fraction of sp³-hybridized carbons (Fsp3) is 0.312. The van der Waals surface area contributed by atoms with Crippen LogP contribution in [0.4, 0.5) is 5.95 Å². The van der Waals surface area contributed by atoms with Crippen LogP contribution in [-0.4, -0.2) is 34.5 Å². The molecule has 2 unspecified atom stereocenters. The number of esters is 1. The Morgan fingerprint density at radius 3 is 2.78 bits per heavy atom. The molecule has 7 heteroatoms. The molecule has 1 aromatic carbocycles. The molecule has 7 nitrogen and oxygen atoms in total. The van der Waals surface area contributed by atoms with Gasteiger partial charge in [0.1, 0.15) is 18.0 Å². The van der Waals surface area contributed by atoms with E-state index in [-0.39, 0.29) is 12.0 Å². The summed E-state index contributed by atoms with van der Waals surface area (Å²) in [6.45, 7) is 6.05. The zero-order valence-electron chi connectivity index (χ0n) is 13.0. The fourth-order valence-corrected chi connectivity index (χ4v) is 2.73. The van der Waals surface area contributed by atoms with E-state index >= 15 is 0 Å². The number of anilines is 1. The number of aromatic nitrogens is 3. The molecule has 0 spiro atoms. The van der Waals surface area contributed by atoms with Crippen LogP contribution in [0.3, 0.4) is 0 Å². The summed E-state index contributed by atoms with van der Waals surface area (Å²) in [6, 6.07) is 7.13. The van der Waals surface area contributed by atoms with Gasteiger partial charge in [-0.25, -0.2) is 4.68 Å². The first-order valence-electron chi connectivity index (χ1n) is 7.31. The summed E-state index contributed by atoms with van der Waals surface area (Å²) >= 11 is 0. The zero-order valence-corrected chi connectivity index (χ0v) is 13.0. The van der Waals surface area contributed by atoms with Gasteiger partial charge < -0.3 is 14.8 Å². The Balaban J connectivity index is 2.06. The average molecular weight is 314 g/mol. The number of nitrogens with one attached hydrogen (secondary N) is 1. The largest absolute Gasteiger partial charge is 0.497 e. The van der Waals surface area contributed by atoms with E-state index in [4.69, 9.17) is 9.47 Å². The lowest BCUT2D eigenvalue weighted by Crippen LogP contribution is -2.37. The molecule has 1 aromatic heterocycles. The van der Waals surface area contributed by atoms with Gasteiger partial charge in [-0.15, -0.1) is 0 Å². The van der Waals surface area contributed by atoms with Crippen LogP contribution in [0.15, 0.2) is 42.9 Å². The molecular weight excluding hydrogens is 296 g/mol. The molecule has 2 atom stereocenters. The maximum absolute atomic E-state index is 12.4. The summed E-state index contributed by atoms with van der Waals surface area (Å²) in [4.78, 5) is 16.6. The monoisotopic (exact) mass is 314 g/mol. The first-order chi connectivity index (χ1) is 11.2. The van der Waals surface area contributed by atoms with Gasteiger partial charge in [-0.05, 0) is 24.6 Å². The molecule has 3 rings (SSSR count). The van der Waals surface area contributed by atoms with Gasteiger partial charge in [-0.3, -0.25) is 4.79 Å². The third-order valence-electron chi connectivity index (χ3n) is 3.80. The zero-order chi connectivity index (χ0) is 16.4. The van der Waals surface area contributed by atoms with Gasteiger partial charge in [0.05, 0.1) is 19.8 Å². The highest BCUT2D eigenvalue weighted by Gasteiger charge is 2.40. The standard InChI is InChI=1S/C16H18N4O3/c1-4-23-15(21)13-10(2)19-16-17-9-18-20(16)14(13)11-5-7-12(22-3)8-6-11/h5-9,13-14H,2,4H2,1,3H3,(H,17,18,19). The number of carbonyl (C=O) groups is 1. The summed E-state index contributed by atoms with van der Waals surface area (Å²) < 4.78 is 12.1. The Bertz CT molecular complexity index is 723. The van der Waals surface area contributed by atoms with Crippen LogP contribution in [0.1, 0.15) is 18.5 Å². The highest BCUT2D eigenvalue weighted by molar-refractivity contribution is 5.79. The van der Waals surface area contributed by atoms with E-state index in [0.29, 0.717) is 18.3 Å². The molecule has 1 N–H and O–H groups in total.